The van der Waals surface area contributed by atoms with Gasteiger partial charge in [0.15, 0.2) is 0 Å². The SMILES string of the molecule is COc1ccc(C(=CC=C(C(=O)C(F)(F)F)C(=O)C(F)(F)F)c2ccc(OC)cc2)cc1. The summed E-state index contributed by atoms with van der Waals surface area (Å²) >= 11 is 0. The third-order valence-corrected chi connectivity index (χ3v) is 4.22. The van der Waals surface area contributed by atoms with Crippen molar-refractivity contribution in [3.8, 4) is 11.5 Å². The zero-order valence-electron chi connectivity index (χ0n) is 16.7. The molecule has 0 amide bonds. The molecular weight excluding hydrogens is 442 g/mol. The number of halogens is 6. The van der Waals surface area contributed by atoms with Crippen molar-refractivity contribution in [2.45, 2.75) is 12.4 Å². The number of alkyl halides is 6. The molecular formula is C22H16F6O4. The van der Waals surface area contributed by atoms with Crippen LogP contribution in [0, 0.1) is 0 Å². The van der Waals surface area contributed by atoms with Crippen LogP contribution in [0.4, 0.5) is 26.3 Å². The van der Waals surface area contributed by atoms with E-state index in [1.807, 2.05) is 0 Å². The first-order chi connectivity index (χ1) is 14.9. The third-order valence-electron chi connectivity index (χ3n) is 4.22. The topological polar surface area (TPSA) is 52.6 Å². The summed E-state index contributed by atoms with van der Waals surface area (Å²) in [6, 6.07) is 12.2. The monoisotopic (exact) mass is 458 g/mol. The second-order valence-corrected chi connectivity index (χ2v) is 6.27. The van der Waals surface area contributed by atoms with Crippen molar-refractivity contribution < 1.29 is 45.4 Å². The van der Waals surface area contributed by atoms with Crippen LogP contribution >= 0.6 is 0 Å². The number of ether oxygens (including phenoxy) is 2. The molecule has 0 heterocycles. The Morgan fingerprint density at radius 2 is 1.00 bits per heavy atom. The van der Waals surface area contributed by atoms with E-state index in [2.05, 4.69) is 0 Å². The van der Waals surface area contributed by atoms with E-state index in [-0.39, 0.29) is 11.6 Å². The molecule has 32 heavy (non-hydrogen) atoms. The molecule has 0 aliphatic heterocycles. The van der Waals surface area contributed by atoms with Crippen LogP contribution in [0.5, 0.6) is 11.5 Å². The predicted molar refractivity (Wildman–Crippen MR) is 103 cm³/mol. The summed E-state index contributed by atoms with van der Waals surface area (Å²) in [5.74, 6) is -4.86. The van der Waals surface area contributed by atoms with Crippen molar-refractivity contribution in [3.05, 3.63) is 77.4 Å². The predicted octanol–water partition coefficient (Wildman–Crippen LogP) is 5.32. The van der Waals surface area contributed by atoms with Crippen LogP contribution in [-0.2, 0) is 9.59 Å². The van der Waals surface area contributed by atoms with E-state index in [0.717, 1.165) is 6.08 Å². The van der Waals surface area contributed by atoms with E-state index in [0.29, 0.717) is 22.6 Å². The maximum atomic E-state index is 12.8. The lowest BCUT2D eigenvalue weighted by atomic mass is 9.95. The second kappa shape index (κ2) is 9.71. The number of hydrogen-bond donors (Lipinski definition) is 0. The number of ketones is 2. The smallest absolute Gasteiger partial charge is 0.455 e. The molecule has 0 bridgehead atoms. The molecule has 0 aromatic heterocycles. The van der Waals surface area contributed by atoms with Gasteiger partial charge in [-0.3, -0.25) is 9.59 Å². The molecule has 0 radical (unpaired) electrons. The molecule has 0 N–H and O–H groups in total. The molecule has 0 aliphatic rings. The van der Waals surface area contributed by atoms with E-state index in [1.54, 1.807) is 0 Å². The number of hydrogen-bond acceptors (Lipinski definition) is 4. The maximum absolute atomic E-state index is 12.8. The lowest BCUT2D eigenvalue weighted by molar-refractivity contribution is -0.175. The summed E-state index contributed by atoms with van der Waals surface area (Å²) in [5, 5.41) is 0. The number of benzene rings is 2. The highest BCUT2D eigenvalue weighted by Crippen LogP contribution is 2.30. The van der Waals surface area contributed by atoms with Gasteiger partial charge >= 0.3 is 12.4 Å². The van der Waals surface area contributed by atoms with Gasteiger partial charge in [0, 0.05) is 0 Å². The van der Waals surface area contributed by atoms with Crippen molar-refractivity contribution in [2.24, 2.45) is 0 Å². The molecule has 2 aromatic carbocycles. The van der Waals surface area contributed by atoms with Crippen molar-refractivity contribution >= 4 is 17.1 Å². The molecule has 10 heteroatoms. The van der Waals surface area contributed by atoms with Gasteiger partial charge in [-0.15, -0.1) is 0 Å². The van der Waals surface area contributed by atoms with E-state index in [4.69, 9.17) is 9.47 Å². The van der Waals surface area contributed by atoms with Gasteiger partial charge in [0.1, 0.15) is 11.5 Å². The van der Waals surface area contributed by atoms with Gasteiger partial charge in [-0.1, -0.05) is 30.3 Å². The summed E-state index contributed by atoms with van der Waals surface area (Å²) in [6.45, 7) is 0. The molecule has 0 saturated heterocycles. The Hall–Kier alpha value is -3.56. The van der Waals surface area contributed by atoms with Gasteiger partial charge in [-0.05, 0) is 47.0 Å². The minimum Gasteiger partial charge on any atom is -0.497 e. The van der Waals surface area contributed by atoms with Crippen molar-refractivity contribution in [1.82, 2.24) is 0 Å². The van der Waals surface area contributed by atoms with Gasteiger partial charge in [0.2, 0.25) is 0 Å². The summed E-state index contributed by atoms with van der Waals surface area (Å²) in [4.78, 5) is 23.1. The quantitative estimate of drug-likeness (QED) is 0.185. The van der Waals surface area contributed by atoms with Crippen LogP contribution in [0.25, 0.3) is 5.57 Å². The first-order valence-corrected chi connectivity index (χ1v) is 8.82. The molecule has 2 rings (SSSR count). The molecule has 170 valence electrons. The van der Waals surface area contributed by atoms with Gasteiger partial charge in [-0.25, -0.2) is 0 Å². The normalized spacial score (nSPS) is 11.4. The fourth-order valence-electron chi connectivity index (χ4n) is 2.63. The Morgan fingerprint density at radius 1 is 0.656 bits per heavy atom. The molecule has 0 saturated carbocycles. The Kier molecular flexibility index (Phi) is 7.50. The van der Waals surface area contributed by atoms with Gasteiger partial charge < -0.3 is 9.47 Å². The lowest BCUT2D eigenvalue weighted by Crippen LogP contribution is -2.34. The standard InChI is InChI=1S/C22H16F6O4/c1-31-15-7-3-13(4-8-15)17(14-5-9-16(32-2)10-6-14)11-12-18(19(29)21(23,24)25)20(30)22(26,27)28/h3-12H,1-2H3. The number of rotatable bonds is 7. The summed E-state index contributed by atoms with van der Waals surface area (Å²) in [6.07, 6.45) is -10.2. The third kappa shape index (κ3) is 5.99. The fraction of sp³-hybridized carbons (Fsp3) is 0.182. The summed E-state index contributed by atoms with van der Waals surface area (Å²) < 4.78 is 87.0. The van der Waals surface area contributed by atoms with E-state index >= 15 is 0 Å². The number of allylic oxidation sites excluding steroid dienone is 3. The first kappa shape index (κ1) is 24.7. The van der Waals surface area contributed by atoms with Crippen LogP contribution in [-0.4, -0.2) is 38.1 Å². The van der Waals surface area contributed by atoms with Crippen molar-refractivity contribution in [2.75, 3.05) is 14.2 Å². The number of carbonyl (C=O) groups excluding carboxylic acids is 2. The molecule has 4 nitrogen and oxygen atoms in total. The minimum absolute atomic E-state index is 0.151. The minimum atomic E-state index is -5.67. The maximum Gasteiger partial charge on any atom is 0.455 e. The lowest BCUT2D eigenvalue weighted by Gasteiger charge is -2.12. The van der Waals surface area contributed by atoms with Crippen molar-refractivity contribution in [1.29, 1.82) is 0 Å². The van der Waals surface area contributed by atoms with E-state index in [9.17, 15) is 35.9 Å². The summed E-state index contributed by atoms with van der Waals surface area (Å²) in [7, 11) is 2.82. The van der Waals surface area contributed by atoms with Crippen LogP contribution in [0.1, 0.15) is 11.1 Å². The Labute approximate surface area is 178 Å². The molecule has 0 atom stereocenters. The van der Waals surface area contributed by atoms with Crippen LogP contribution in [0.3, 0.4) is 0 Å². The zero-order chi connectivity index (χ0) is 24.1. The Morgan fingerprint density at radius 3 is 1.28 bits per heavy atom. The second-order valence-electron chi connectivity index (χ2n) is 6.27. The zero-order valence-corrected chi connectivity index (χ0v) is 16.7. The summed E-state index contributed by atoms with van der Waals surface area (Å²) in [5.41, 5.74) is -1.13. The first-order valence-electron chi connectivity index (χ1n) is 8.82. The average molecular weight is 458 g/mol. The molecule has 0 spiro atoms. The van der Waals surface area contributed by atoms with E-state index < -0.39 is 29.5 Å². The van der Waals surface area contributed by atoms with Gasteiger partial charge in [0.05, 0.1) is 19.8 Å². The van der Waals surface area contributed by atoms with Crippen molar-refractivity contribution in [3.63, 3.8) is 0 Å². The van der Waals surface area contributed by atoms with Gasteiger partial charge in [0.25, 0.3) is 11.6 Å². The molecule has 0 aliphatic carbocycles. The van der Waals surface area contributed by atoms with Crippen LogP contribution < -0.4 is 9.47 Å². The van der Waals surface area contributed by atoms with E-state index in [1.165, 1.54) is 62.8 Å². The Balaban J connectivity index is 2.69. The number of Topliss-reactive ketones (excluding diaryl/α,β-unsaturated/α-hetero) is 2. The molecule has 2 aromatic rings. The Bertz CT molecular complexity index is 953. The van der Waals surface area contributed by atoms with Crippen LogP contribution in [0.2, 0.25) is 0 Å². The highest BCUT2D eigenvalue weighted by molar-refractivity contribution is 6.24. The largest absolute Gasteiger partial charge is 0.497 e. The van der Waals surface area contributed by atoms with Gasteiger partial charge in [-0.2, -0.15) is 26.3 Å². The number of methoxy groups -OCH3 is 2. The highest BCUT2D eigenvalue weighted by atomic mass is 19.4. The van der Waals surface area contributed by atoms with Crippen LogP contribution in [0.15, 0.2) is 66.3 Å². The molecule has 0 unspecified atom stereocenters. The average Bonchev–Trinajstić information content (AvgIpc) is 2.75. The number of carbonyl (C=O) groups is 2. The highest BCUT2D eigenvalue weighted by Gasteiger charge is 2.50. The fourth-order valence-corrected chi connectivity index (χ4v) is 2.63. The molecule has 0 fully saturated rings.